The zero-order valence-corrected chi connectivity index (χ0v) is 18.1. The van der Waals surface area contributed by atoms with Crippen LogP contribution in [0.4, 0.5) is 4.79 Å². The molecule has 0 spiro atoms. The zero-order chi connectivity index (χ0) is 22.2. The quantitative estimate of drug-likeness (QED) is 0.687. The van der Waals surface area contributed by atoms with E-state index in [-0.39, 0.29) is 13.0 Å². The molecule has 4 aliphatic heterocycles. The summed E-state index contributed by atoms with van der Waals surface area (Å²) >= 11 is 0. The number of likely N-dealkylation sites (tertiary alicyclic amines) is 1. The van der Waals surface area contributed by atoms with Crippen LogP contribution in [-0.4, -0.2) is 71.4 Å². The number of fused-ring (bicyclic) bond motifs is 1. The summed E-state index contributed by atoms with van der Waals surface area (Å²) in [6, 6.07) is 4.64. The number of nitrogens with one attached hydrogen (secondary N) is 2. The van der Waals surface area contributed by atoms with Gasteiger partial charge in [-0.1, -0.05) is 6.07 Å². The van der Waals surface area contributed by atoms with E-state index < -0.39 is 23.8 Å². The van der Waals surface area contributed by atoms with Crippen LogP contribution in [0.2, 0.25) is 0 Å². The van der Waals surface area contributed by atoms with Gasteiger partial charge >= 0.3 is 6.03 Å². The van der Waals surface area contributed by atoms with E-state index >= 15 is 0 Å². The molecule has 1 atom stereocenters. The summed E-state index contributed by atoms with van der Waals surface area (Å²) in [5, 5.41) is 7.50. The van der Waals surface area contributed by atoms with E-state index in [0.29, 0.717) is 11.1 Å². The van der Waals surface area contributed by atoms with Crippen LogP contribution in [0, 0.1) is 11.8 Å². The minimum atomic E-state index is -0.742. The SMILES string of the molecule is O=C1CCN(N2C(=O)c3ccc(CN4CCCC(C5CCNCC5)C4)cc3C2=O)C(=O)N1. The van der Waals surface area contributed by atoms with Gasteiger partial charge in [0.25, 0.3) is 11.8 Å². The van der Waals surface area contributed by atoms with Gasteiger partial charge in [-0.3, -0.25) is 24.6 Å². The molecule has 1 unspecified atom stereocenters. The number of hydrogen-bond acceptors (Lipinski definition) is 6. The van der Waals surface area contributed by atoms with Gasteiger partial charge in [-0.15, -0.1) is 0 Å². The molecule has 3 fully saturated rings. The number of nitrogens with zero attached hydrogens (tertiary/aromatic N) is 3. The second-order valence-electron chi connectivity index (χ2n) is 9.25. The Kier molecular flexibility index (Phi) is 5.69. The molecule has 5 rings (SSSR count). The van der Waals surface area contributed by atoms with Crippen LogP contribution in [-0.2, 0) is 11.3 Å². The second kappa shape index (κ2) is 8.63. The molecule has 0 radical (unpaired) electrons. The fourth-order valence-electron chi connectivity index (χ4n) is 5.53. The summed E-state index contributed by atoms with van der Waals surface area (Å²) in [5.74, 6) is 0.0655. The third-order valence-electron chi connectivity index (χ3n) is 7.20. The third-order valence-corrected chi connectivity index (χ3v) is 7.20. The molecule has 2 N–H and O–H groups in total. The number of carbonyl (C=O) groups is 4. The summed E-state index contributed by atoms with van der Waals surface area (Å²) in [6.07, 6.45) is 5.03. The van der Waals surface area contributed by atoms with Crippen LogP contribution < -0.4 is 10.6 Å². The van der Waals surface area contributed by atoms with Crippen molar-refractivity contribution in [2.75, 3.05) is 32.7 Å². The summed E-state index contributed by atoms with van der Waals surface area (Å²) < 4.78 is 0. The number of amides is 5. The van der Waals surface area contributed by atoms with Crippen LogP contribution in [0.1, 0.15) is 58.4 Å². The van der Waals surface area contributed by atoms with Crippen molar-refractivity contribution < 1.29 is 19.2 Å². The number of benzene rings is 1. The van der Waals surface area contributed by atoms with E-state index in [1.165, 1.54) is 25.7 Å². The van der Waals surface area contributed by atoms with E-state index in [4.69, 9.17) is 0 Å². The maximum absolute atomic E-state index is 13.0. The van der Waals surface area contributed by atoms with E-state index in [1.54, 1.807) is 12.1 Å². The monoisotopic (exact) mass is 439 g/mol. The molecule has 32 heavy (non-hydrogen) atoms. The van der Waals surface area contributed by atoms with Crippen LogP contribution in [0.15, 0.2) is 18.2 Å². The summed E-state index contributed by atoms with van der Waals surface area (Å²) in [4.78, 5) is 51.9. The van der Waals surface area contributed by atoms with Crippen LogP contribution in [0.3, 0.4) is 0 Å². The van der Waals surface area contributed by atoms with Crippen LogP contribution in [0.25, 0.3) is 0 Å². The van der Waals surface area contributed by atoms with Crippen molar-refractivity contribution >= 4 is 23.8 Å². The van der Waals surface area contributed by atoms with E-state index in [2.05, 4.69) is 15.5 Å². The molecule has 4 heterocycles. The Morgan fingerprint density at radius 3 is 2.47 bits per heavy atom. The summed E-state index contributed by atoms with van der Waals surface area (Å²) in [7, 11) is 0. The molecule has 0 saturated carbocycles. The van der Waals surface area contributed by atoms with Gasteiger partial charge in [0.1, 0.15) is 0 Å². The molecular weight excluding hydrogens is 410 g/mol. The Labute approximate surface area is 187 Å². The van der Waals surface area contributed by atoms with Crippen LogP contribution >= 0.6 is 0 Å². The van der Waals surface area contributed by atoms with Gasteiger partial charge in [0, 0.05) is 19.5 Å². The first-order valence-electron chi connectivity index (χ1n) is 11.6. The molecule has 9 heteroatoms. The van der Waals surface area contributed by atoms with Gasteiger partial charge in [-0.2, -0.15) is 5.01 Å². The van der Waals surface area contributed by atoms with E-state index in [9.17, 15) is 19.2 Å². The van der Waals surface area contributed by atoms with Crippen molar-refractivity contribution in [2.24, 2.45) is 11.8 Å². The highest BCUT2D eigenvalue weighted by Gasteiger charge is 2.43. The molecule has 0 aromatic heterocycles. The van der Waals surface area contributed by atoms with Gasteiger partial charge in [-0.25, -0.2) is 9.80 Å². The van der Waals surface area contributed by atoms with Crippen LogP contribution in [0.5, 0.6) is 0 Å². The molecule has 170 valence electrons. The third kappa shape index (κ3) is 3.91. The number of piperidine rings is 2. The van der Waals surface area contributed by atoms with E-state index in [1.807, 2.05) is 6.07 Å². The van der Waals surface area contributed by atoms with Crippen molar-refractivity contribution in [1.29, 1.82) is 0 Å². The van der Waals surface area contributed by atoms with Crippen molar-refractivity contribution in [3.8, 4) is 0 Å². The predicted molar refractivity (Wildman–Crippen MR) is 115 cm³/mol. The highest BCUT2D eigenvalue weighted by Crippen LogP contribution is 2.31. The predicted octanol–water partition coefficient (Wildman–Crippen LogP) is 1.35. The Hall–Kier alpha value is -2.78. The first-order chi connectivity index (χ1) is 15.5. The average Bonchev–Trinajstić information content (AvgIpc) is 3.04. The lowest BCUT2D eigenvalue weighted by atomic mass is 9.80. The first-order valence-corrected chi connectivity index (χ1v) is 11.6. The van der Waals surface area contributed by atoms with Crippen molar-refractivity contribution in [3.63, 3.8) is 0 Å². The Balaban J connectivity index is 1.28. The minimum absolute atomic E-state index is 0.00878. The van der Waals surface area contributed by atoms with Crippen molar-refractivity contribution in [1.82, 2.24) is 25.6 Å². The Morgan fingerprint density at radius 1 is 0.906 bits per heavy atom. The second-order valence-corrected chi connectivity index (χ2v) is 9.25. The lowest BCUT2D eigenvalue weighted by Crippen LogP contribution is -2.58. The zero-order valence-electron chi connectivity index (χ0n) is 18.1. The molecular formula is C23H29N5O4. The fraction of sp³-hybridized carbons (Fsp3) is 0.565. The summed E-state index contributed by atoms with van der Waals surface area (Å²) in [5.41, 5.74) is 1.62. The van der Waals surface area contributed by atoms with Crippen molar-refractivity contribution in [2.45, 2.75) is 38.6 Å². The molecule has 1 aromatic rings. The molecule has 3 saturated heterocycles. The number of carbonyl (C=O) groups excluding carboxylic acids is 4. The summed E-state index contributed by atoms with van der Waals surface area (Å²) in [6.45, 7) is 5.09. The molecule has 1 aromatic carbocycles. The molecule has 0 aliphatic carbocycles. The number of hydrazine groups is 1. The maximum Gasteiger partial charge on any atom is 0.343 e. The Bertz CT molecular complexity index is 958. The molecule has 9 nitrogen and oxygen atoms in total. The highest BCUT2D eigenvalue weighted by molar-refractivity contribution is 6.22. The lowest BCUT2D eigenvalue weighted by molar-refractivity contribution is -0.122. The van der Waals surface area contributed by atoms with Gasteiger partial charge < -0.3 is 5.32 Å². The maximum atomic E-state index is 13.0. The van der Waals surface area contributed by atoms with Gasteiger partial charge in [0.15, 0.2) is 0 Å². The standard InChI is InChI=1S/C23H29N5O4/c29-20-7-11-27(23(32)25-20)28-21(30)18-4-3-15(12-19(18)22(28)31)13-26-10-1-2-17(14-26)16-5-8-24-9-6-16/h3-4,12,16-17,24H,1-2,5-11,13-14H2,(H,25,29,32). The van der Waals surface area contributed by atoms with Gasteiger partial charge in [0.2, 0.25) is 5.91 Å². The number of imide groups is 2. The molecule has 4 aliphatic rings. The topological polar surface area (TPSA) is 102 Å². The van der Waals surface area contributed by atoms with Crippen molar-refractivity contribution in [3.05, 3.63) is 34.9 Å². The smallest absolute Gasteiger partial charge is 0.317 e. The number of rotatable bonds is 4. The van der Waals surface area contributed by atoms with Gasteiger partial charge in [-0.05, 0) is 74.8 Å². The highest BCUT2D eigenvalue weighted by atomic mass is 16.2. The van der Waals surface area contributed by atoms with E-state index in [0.717, 1.165) is 60.1 Å². The lowest BCUT2D eigenvalue weighted by Gasteiger charge is -2.38. The first kappa shape index (κ1) is 21.1. The fourth-order valence-corrected chi connectivity index (χ4v) is 5.53. The normalized spacial score (nSPS) is 25.3. The number of hydrogen-bond donors (Lipinski definition) is 2. The minimum Gasteiger partial charge on any atom is -0.317 e. The molecule has 5 amide bonds. The number of urea groups is 1. The van der Waals surface area contributed by atoms with Gasteiger partial charge in [0.05, 0.1) is 17.7 Å². The molecule has 0 bridgehead atoms. The largest absolute Gasteiger partial charge is 0.343 e. The average molecular weight is 440 g/mol. The Morgan fingerprint density at radius 2 is 1.69 bits per heavy atom.